The molecule has 446 valence electrons. The number of carboxylic acid groups (broad SMARTS) is 1. The molecular weight excluding hydrogens is 983 g/mol. The number of carboxylic acids is 1. The topological polar surface area (TPSA) is 108 Å². The fourth-order valence-corrected chi connectivity index (χ4v) is 7.83. The molecule has 0 fully saturated rings. The summed E-state index contributed by atoms with van der Waals surface area (Å²) in [7, 11) is 5.95. The van der Waals surface area contributed by atoms with Crippen LogP contribution in [0.3, 0.4) is 0 Å². The summed E-state index contributed by atoms with van der Waals surface area (Å²) in [5.74, 6) is -2.06. The van der Waals surface area contributed by atoms with Gasteiger partial charge >= 0.3 is 17.9 Å². The molecule has 0 saturated carbocycles. The van der Waals surface area contributed by atoms with Gasteiger partial charge in [0, 0.05) is 12.8 Å². The number of esters is 2. The van der Waals surface area contributed by atoms with Crippen LogP contribution in [0, 0.1) is 0 Å². The van der Waals surface area contributed by atoms with Crippen LogP contribution >= 0.6 is 0 Å². The molecule has 9 heteroatoms. The Morgan fingerprint density at radius 2 is 0.722 bits per heavy atom. The second-order valence-corrected chi connectivity index (χ2v) is 21.3. The highest BCUT2D eigenvalue weighted by Crippen LogP contribution is 2.13. The van der Waals surface area contributed by atoms with Crippen LogP contribution in [0.5, 0.6) is 0 Å². The average molecular weight is 1100 g/mol. The standard InChI is InChI=1S/C70H113NO8/c1-6-8-10-12-14-16-18-20-22-23-24-25-26-27-28-29-30-31-32-33-34-35-36-37-38-39-40-41-42-43-44-45-47-49-51-53-55-57-59-61-68(73)79-66(65-78-70(69(74)75)76-63-62-71(3,4)5)64-77-67(72)60-58-56-54-52-50-48-46-21-19-17-15-13-11-9-7-2/h8,10,14,16,20-22,24-25,27-28,30-31,33-34,36-37,39-40,42-43,45-47,66,70H,6-7,9,11-13,15,17-19,23,26,29,32,35,38,41,44,48-65H2,1-5H3/p+1/b10-8-,16-14-,22-20-,25-24-,28-27-,31-30-,34-33-,37-36-,40-39-,43-42-,46-21-,47-45-. The van der Waals surface area contributed by atoms with E-state index in [0.717, 1.165) is 141 Å². The number of aliphatic carboxylic acids is 1. The van der Waals surface area contributed by atoms with E-state index in [1.165, 1.54) is 44.9 Å². The van der Waals surface area contributed by atoms with Gasteiger partial charge in [0.25, 0.3) is 6.29 Å². The maximum atomic E-state index is 12.9. The summed E-state index contributed by atoms with van der Waals surface area (Å²) < 4.78 is 22.8. The number of hydrogen-bond acceptors (Lipinski definition) is 7. The zero-order valence-corrected chi connectivity index (χ0v) is 50.7. The molecule has 0 amide bonds. The number of unbranched alkanes of at least 4 members (excludes halogenated alkanes) is 16. The molecule has 0 heterocycles. The van der Waals surface area contributed by atoms with Gasteiger partial charge in [-0.25, -0.2) is 4.79 Å². The fourth-order valence-electron chi connectivity index (χ4n) is 7.83. The molecule has 9 nitrogen and oxygen atoms in total. The normalized spacial score (nSPS) is 13.8. The highest BCUT2D eigenvalue weighted by molar-refractivity contribution is 5.71. The summed E-state index contributed by atoms with van der Waals surface area (Å²) in [6, 6.07) is 0. The molecule has 79 heavy (non-hydrogen) atoms. The molecule has 1 N–H and O–H groups in total. The van der Waals surface area contributed by atoms with E-state index in [0.29, 0.717) is 17.4 Å². The van der Waals surface area contributed by atoms with Crippen molar-refractivity contribution in [1.82, 2.24) is 0 Å². The van der Waals surface area contributed by atoms with Crippen LogP contribution < -0.4 is 0 Å². The van der Waals surface area contributed by atoms with E-state index in [1.54, 1.807) is 0 Å². The van der Waals surface area contributed by atoms with E-state index in [1.807, 2.05) is 21.1 Å². The fraction of sp³-hybridized carbons (Fsp3) is 0.614. The van der Waals surface area contributed by atoms with Crippen molar-refractivity contribution in [3.8, 4) is 0 Å². The lowest BCUT2D eigenvalue weighted by Gasteiger charge is -2.25. The molecule has 0 saturated heterocycles. The molecule has 2 atom stereocenters. The van der Waals surface area contributed by atoms with Crippen LogP contribution in [0.4, 0.5) is 0 Å². The third kappa shape index (κ3) is 60.7. The second kappa shape index (κ2) is 59.3. The summed E-state index contributed by atoms with van der Waals surface area (Å²) in [4.78, 5) is 37.4. The van der Waals surface area contributed by atoms with Crippen LogP contribution in [0.25, 0.3) is 0 Å². The molecule has 0 aromatic carbocycles. The molecule has 0 spiro atoms. The number of nitrogens with zero attached hydrogens (tertiary/aromatic N) is 1. The Balaban J connectivity index is 4.25. The van der Waals surface area contributed by atoms with E-state index in [2.05, 4.69) is 160 Å². The summed E-state index contributed by atoms with van der Waals surface area (Å²) in [5.41, 5.74) is 0. The number of ether oxygens (including phenoxy) is 4. The van der Waals surface area contributed by atoms with Crippen molar-refractivity contribution >= 4 is 17.9 Å². The van der Waals surface area contributed by atoms with Gasteiger partial charge in [0.15, 0.2) is 6.10 Å². The van der Waals surface area contributed by atoms with Crippen molar-refractivity contribution in [2.24, 2.45) is 0 Å². The summed E-state index contributed by atoms with van der Waals surface area (Å²) in [6.45, 7) is 4.70. The molecule has 0 radical (unpaired) electrons. The quantitative estimate of drug-likeness (QED) is 0.0211. The van der Waals surface area contributed by atoms with E-state index in [4.69, 9.17) is 18.9 Å². The predicted octanol–water partition coefficient (Wildman–Crippen LogP) is 18.8. The molecule has 0 aliphatic rings. The first kappa shape index (κ1) is 74.2. The van der Waals surface area contributed by atoms with Gasteiger partial charge in [0.2, 0.25) is 0 Å². The Morgan fingerprint density at radius 3 is 1.09 bits per heavy atom. The van der Waals surface area contributed by atoms with Crippen molar-refractivity contribution in [3.05, 3.63) is 146 Å². The zero-order valence-electron chi connectivity index (χ0n) is 50.7. The van der Waals surface area contributed by atoms with Gasteiger partial charge < -0.3 is 28.5 Å². The molecule has 0 aromatic heterocycles. The van der Waals surface area contributed by atoms with Crippen molar-refractivity contribution in [2.45, 2.75) is 232 Å². The Bertz CT molecular complexity index is 1800. The maximum Gasteiger partial charge on any atom is 0.361 e. The van der Waals surface area contributed by atoms with Crippen LogP contribution in [-0.2, 0) is 33.3 Å². The first-order valence-electron chi connectivity index (χ1n) is 31.0. The van der Waals surface area contributed by atoms with Crippen molar-refractivity contribution in [1.29, 1.82) is 0 Å². The Labute approximate surface area is 483 Å². The highest BCUT2D eigenvalue weighted by Gasteiger charge is 2.25. The summed E-state index contributed by atoms with van der Waals surface area (Å²) >= 11 is 0. The molecule has 0 bridgehead atoms. The molecule has 2 unspecified atom stereocenters. The van der Waals surface area contributed by atoms with Gasteiger partial charge in [-0.3, -0.25) is 9.59 Å². The highest BCUT2D eigenvalue weighted by atomic mass is 16.7. The van der Waals surface area contributed by atoms with Crippen LogP contribution in [0.15, 0.2) is 146 Å². The van der Waals surface area contributed by atoms with E-state index >= 15 is 0 Å². The predicted molar refractivity (Wildman–Crippen MR) is 336 cm³/mol. The monoisotopic (exact) mass is 1100 g/mol. The number of quaternary nitrogens is 1. The van der Waals surface area contributed by atoms with Gasteiger partial charge in [-0.2, -0.15) is 0 Å². The number of allylic oxidation sites excluding steroid dienone is 24. The number of carbonyl (C=O) groups is 3. The van der Waals surface area contributed by atoms with Gasteiger partial charge in [0.05, 0.1) is 34.4 Å². The van der Waals surface area contributed by atoms with E-state index < -0.39 is 24.3 Å². The van der Waals surface area contributed by atoms with Crippen molar-refractivity contribution in [3.63, 3.8) is 0 Å². The van der Waals surface area contributed by atoms with E-state index in [9.17, 15) is 19.5 Å². The summed E-state index contributed by atoms with van der Waals surface area (Å²) in [5, 5.41) is 9.70. The van der Waals surface area contributed by atoms with Crippen LogP contribution in [0.1, 0.15) is 219 Å². The Hall–Kier alpha value is -4.83. The van der Waals surface area contributed by atoms with E-state index in [-0.39, 0.29) is 38.6 Å². The average Bonchev–Trinajstić information content (AvgIpc) is 3.42. The Kier molecular flexibility index (Phi) is 55.7. The molecule has 0 rings (SSSR count). The van der Waals surface area contributed by atoms with Crippen LogP contribution in [0.2, 0.25) is 0 Å². The van der Waals surface area contributed by atoms with Gasteiger partial charge in [0.1, 0.15) is 13.2 Å². The maximum absolute atomic E-state index is 12.9. The third-order valence-electron chi connectivity index (χ3n) is 12.6. The summed E-state index contributed by atoms with van der Waals surface area (Å²) in [6.07, 6.45) is 83.7. The first-order valence-corrected chi connectivity index (χ1v) is 31.0. The largest absolute Gasteiger partial charge is 0.477 e. The number of carbonyl (C=O) groups excluding carboxylic acids is 2. The smallest absolute Gasteiger partial charge is 0.361 e. The molecule has 0 aromatic rings. The van der Waals surface area contributed by atoms with Crippen LogP contribution in [-0.4, -0.2) is 87.4 Å². The van der Waals surface area contributed by atoms with Gasteiger partial charge in [-0.05, 0) is 122 Å². The lowest BCUT2D eigenvalue weighted by atomic mass is 10.1. The zero-order chi connectivity index (χ0) is 57.6. The molecular formula is C70H114NO8+. The number of hydrogen-bond donors (Lipinski definition) is 1. The molecule has 0 aliphatic carbocycles. The first-order chi connectivity index (χ1) is 38.6. The van der Waals surface area contributed by atoms with Crippen molar-refractivity contribution < 1.29 is 42.9 Å². The Morgan fingerprint density at radius 1 is 0.392 bits per heavy atom. The third-order valence-corrected chi connectivity index (χ3v) is 12.6. The lowest BCUT2D eigenvalue weighted by Crippen LogP contribution is -2.40. The van der Waals surface area contributed by atoms with Gasteiger partial charge in [-0.15, -0.1) is 0 Å². The SMILES string of the molecule is CC/C=C\C/C=C\C/C=C\C/C=C\C/C=C\C/C=C\C/C=C\C/C=C\C/C=C\C/C=C\C/C=C\CCCCCCCC(=O)OC(COC(=O)CCCCCCC/C=C\CCCCCCCC)COC(OCC[N+](C)(C)C)C(=O)O. The van der Waals surface area contributed by atoms with Gasteiger partial charge in [-0.1, -0.05) is 230 Å². The molecule has 0 aliphatic heterocycles. The number of likely N-dealkylation sites (N-methyl/N-ethyl adjacent to an activating group) is 1. The van der Waals surface area contributed by atoms with Crippen molar-refractivity contribution in [2.75, 3.05) is 47.5 Å². The second-order valence-electron chi connectivity index (χ2n) is 21.3. The number of rotatable bonds is 55. The minimum Gasteiger partial charge on any atom is -0.477 e. The minimum absolute atomic E-state index is 0.175. The lowest BCUT2D eigenvalue weighted by molar-refractivity contribution is -0.870. The minimum atomic E-state index is -1.53.